The molecule has 0 fully saturated rings. The smallest absolute Gasteiger partial charge is 0.338 e. The molecular weight excluding hydrogens is 402 g/mol. The number of aliphatic hydroxyl groups is 1. The van der Waals surface area contributed by atoms with Crippen molar-refractivity contribution in [3.05, 3.63) is 64.9 Å². The summed E-state index contributed by atoms with van der Waals surface area (Å²) in [5.41, 5.74) is 1.17. The number of carbonyl (C=O) groups excluding carboxylic acids is 3. The minimum Gasteiger partial charge on any atom is -0.503 e. The Morgan fingerprint density at radius 3 is 2.29 bits per heavy atom. The Balaban J connectivity index is 2.12. The second-order valence-corrected chi connectivity index (χ2v) is 6.77. The van der Waals surface area contributed by atoms with Crippen LogP contribution in [0.4, 0.5) is 5.69 Å². The van der Waals surface area contributed by atoms with Gasteiger partial charge in [0.05, 0.1) is 38.0 Å². The maximum atomic E-state index is 13.0. The van der Waals surface area contributed by atoms with E-state index in [0.29, 0.717) is 28.3 Å². The molecule has 1 aliphatic heterocycles. The first kappa shape index (κ1) is 21.9. The molecule has 0 unspecified atom stereocenters. The summed E-state index contributed by atoms with van der Waals surface area (Å²) in [6, 6.07) is 10.2. The number of methoxy groups -OCH3 is 2. The van der Waals surface area contributed by atoms with E-state index < -0.39 is 29.5 Å². The van der Waals surface area contributed by atoms with Gasteiger partial charge in [-0.15, -0.1) is 0 Å². The van der Waals surface area contributed by atoms with Crippen LogP contribution in [0.15, 0.2) is 53.8 Å². The number of rotatable bonds is 7. The van der Waals surface area contributed by atoms with Crippen molar-refractivity contribution in [3.8, 4) is 11.5 Å². The van der Waals surface area contributed by atoms with E-state index in [1.54, 1.807) is 37.3 Å². The number of aliphatic hydroxyl groups excluding tert-OH is 1. The number of ketones is 1. The second kappa shape index (κ2) is 8.91. The van der Waals surface area contributed by atoms with E-state index in [4.69, 9.17) is 14.2 Å². The van der Waals surface area contributed by atoms with Gasteiger partial charge in [0, 0.05) is 17.3 Å². The topological polar surface area (TPSA) is 102 Å². The number of hydrogen-bond acceptors (Lipinski definition) is 7. The highest BCUT2D eigenvalue weighted by Gasteiger charge is 2.44. The Hall–Kier alpha value is -3.81. The van der Waals surface area contributed by atoms with Crippen molar-refractivity contribution in [2.24, 2.45) is 0 Å². The highest BCUT2D eigenvalue weighted by molar-refractivity contribution is 6.16. The fourth-order valence-corrected chi connectivity index (χ4v) is 3.54. The molecule has 0 spiro atoms. The molecule has 1 amide bonds. The van der Waals surface area contributed by atoms with Crippen molar-refractivity contribution in [2.45, 2.75) is 19.9 Å². The van der Waals surface area contributed by atoms with E-state index in [2.05, 4.69) is 0 Å². The van der Waals surface area contributed by atoms with Gasteiger partial charge in [0.2, 0.25) is 0 Å². The lowest BCUT2D eigenvalue weighted by Crippen LogP contribution is -2.31. The van der Waals surface area contributed by atoms with Gasteiger partial charge >= 0.3 is 5.97 Å². The molecule has 0 saturated heterocycles. The average molecular weight is 425 g/mol. The Bertz CT molecular complexity index is 1060. The van der Waals surface area contributed by atoms with Crippen LogP contribution in [-0.4, -0.2) is 43.6 Å². The van der Waals surface area contributed by atoms with Crippen molar-refractivity contribution < 1.29 is 33.7 Å². The molecule has 1 N–H and O–H groups in total. The third-order valence-electron chi connectivity index (χ3n) is 4.98. The highest BCUT2D eigenvalue weighted by Crippen LogP contribution is 2.44. The molecule has 3 rings (SSSR count). The van der Waals surface area contributed by atoms with Gasteiger partial charge in [-0.3, -0.25) is 14.5 Å². The average Bonchev–Trinajstić information content (AvgIpc) is 3.04. The molecule has 8 nitrogen and oxygen atoms in total. The molecule has 0 aliphatic carbocycles. The van der Waals surface area contributed by atoms with Gasteiger partial charge in [0.15, 0.2) is 11.5 Å². The third-order valence-corrected chi connectivity index (χ3v) is 4.98. The number of Topliss-reactive ketones (excluding diaryl/α,β-unsaturated/α-hetero) is 1. The lowest BCUT2D eigenvalue weighted by atomic mass is 9.95. The minimum absolute atomic E-state index is 0.0389. The summed E-state index contributed by atoms with van der Waals surface area (Å²) in [4.78, 5) is 38.6. The highest BCUT2D eigenvalue weighted by atomic mass is 16.5. The van der Waals surface area contributed by atoms with Crippen LogP contribution in [0.25, 0.3) is 0 Å². The summed E-state index contributed by atoms with van der Waals surface area (Å²) in [5.74, 6) is -1.35. The monoisotopic (exact) mass is 425 g/mol. The number of hydrogen-bond donors (Lipinski definition) is 1. The van der Waals surface area contributed by atoms with Crippen molar-refractivity contribution in [2.75, 3.05) is 25.7 Å². The zero-order valence-corrected chi connectivity index (χ0v) is 17.7. The Kier molecular flexibility index (Phi) is 6.29. The molecule has 0 radical (unpaired) electrons. The Morgan fingerprint density at radius 1 is 1.06 bits per heavy atom. The van der Waals surface area contributed by atoms with Crippen molar-refractivity contribution in [1.82, 2.24) is 0 Å². The zero-order chi connectivity index (χ0) is 22.7. The van der Waals surface area contributed by atoms with E-state index in [1.807, 2.05) is 0 Å². The van der Waals surface area contributed by atoms with Crippen LogP contribution in [0, 0.1) is 0 Å². The number of nitrogens with zero attached hydrogens (tertiary/aromatic N) is 1. The van der Waals surface area contributed by atoms with E-state index in [-0.39, 0.29) is 12.2 Å². The lowest BCUT2D eigenvalue weighted by Gasteiger charge is -2.28. The number of amides is 1. The van der Waals surface area contributed by atoms with Gasteiger partial charge in [-0.2, -0.15) is 0 Å². The first-order chi connectivity index (χ1) is 14.8. The normalized spacial score (nSPS) is 15.8. The van der Waals surface area contributed by atoms with Gasteiger partial charge in [-0.25, -0.2) is 4.79 Å². The molecule has 1 heterocycles. The third kappa shape index (κ3) is 3.96. The predicted octanol–water partition coefficient (Wildman–Crippen LogP) is 3.37. The molecule has 1 aliphatic rings. The molecule has 2 aromatic carbocycles. The molecule has 31 heavy (non-hydrogen) atoms. The zero-order valence-electron chi connectivity index (χ0n) is 17.7. The molecular formula is C23H23NO7. The number of esters is 1. The van der Waals surface area contributed by atoms with Crippen molar-refractivity contribution in [3.63, 3.8) is 0 Å². The Labute approximate surface area is 179 Å². The van der Waals surface area contributed by atoms with Crippen LogP contribution in [0.1, 0.15) is 35.8 Å². The molecule has 0 bridgehead atoms. The van der Waals surface area contributed by atoms with Crippen LogP contribution in [0.3, 0.4) is 0 Å². The summed E-state index contributed by atoms with van der Waals surface area (Å²) in [6.45, 7) is 3.24. The SMILES string of the molecule is CCOC(=O)c1ccc(N2C(=O)C(O)=C(C(C)=O)[C@H]2c2ccc(OC)cc2OC)cc1. The van der Waals surface area contributed by atoms with E-state index in [9.17, 15) is 19.5 Å². The lowest BCUT2D eigenvalue weighted by molar-refractivity contribution is -0.117. The van der Waals surface area contributed by atoms with E-state index in [1.165, 1.54) is 38.2 Å². The van der Waals surface area contributed by atoms with Crippen molar-refractivity contribution >= 4 is 23.3 Å². The summed E-state index contributed by atoms with van der Waals surface area (Å²) in [6.07, 6.45) is 0. The number of carbonyl (C=O) groups is 3. The van der Waals surface area contributed by atoms with Crippen LogP contribution in [0.2, 0.25) is 0 Å². The van der Waals surface area contributed by atoms with Crippen LogP contribution >= 0.6 is 0 Å². The molecule has 1 atom stereocenters. The summed E-state index contributed by atoms with van der Waals surface area (Å²) in [7, 11) is 2.97. The number of benzene rings is 2. The maximum Gasteiger partial charge on any atom is 0.338 e. The summed E-state index contributed by atoms with van der Waals surface area (Å²) in [5, 5.41) is 10.5. The fourth-order valence-electron chi connectivity index (χ4n) is 3.54. The van der Waals surface area contributed by atoms with Crippen LogP contribution in [-0.2, 0) is 14.3 Å². The molecule has 0 aromatic heterocycles. The quantitative estimate of drug-likeness (QED) is 0.679. The van der Waals surface area contributed by atoms with Gasteiger partial charge in [-0.05, 0) is 50.2 Å². The molecule has 162 valence electrons. The summed E-state index contributed by atoms with van der Waals surface area (Å²) >= 11 is 0. The maximum absolute atomic E-state index is 13.0. The predicted molar refractivity (Wildman–Crippen MR) is 113 cm³/mol. The van der Waals surface area contributed by atoms with E-state index >= 15 is 0 Å². The standard InChI is InChI=1S/C23H23NO7/c1-5-31-23(28)14-6-8-15(9-7-14)24-20(19(13(2)25)21(26)22(24)27)17-11-10-16(29-3)12-18(17)30-4/h6-12,20,26H,5H2,1-4H3/t20-/m1/s1. The van der Waals surface area contributed by atoms with Gasteiger partial charge < -0.3 is 19.3 Å². The summed E-state index contributed by atoms with van der Waals surface area (Å²) < 4.78 is 15.7. The second-order valence-electron chi connectivity index (χ2n) is 6.77. The van der Waals surface area contributed by atoms with E-state index in [0.717, 1.165) is 0 Å². The van der Waals surface area contributed by atoms with Crippen molar-refractivity contribution in [1.29, 1.82) is 0 Å². The minimum atomic E-state index is -0.917. The fraction of sp³-hybridized carbons (Fsp3) is 0.261. The number of ether oxygens (including phenoxy) is 3. The number of anilines is 1. The first-order valence-electron chi connectivity index (χ1n) is 9.60. The molecule has 2 aromatic rings. The first-order valence-corrected chi connectivity index (χ1v) is 9.60. The largest absolute Gasteiger partial charge is 0.503 e. The van der Waals surface area contributed by atoms with Crippen LogP contribution < -0.4 is 14.4 Å². The van der Waals surface area contributed by atoms with Gasteiger partial charge in [-0.1, -0.05) is 0 Å². The Morgan fingerprint density at radius 2 is 1.74 bits per heavy atom. The molecule has 0 saturated carbocycles. The molecule has 8 heteroatoms. The van der Waals surface area contributed by atoms with Gasteiger partial charge in [0.1, 0.15) is 11.5 Å². The van der Waals surface area contributed by atoms with Gasteiger partial charge in [0.25, 0.3) is 5.91 Å². The van der Waals surface area contributed by atoms with Crippen LogP contribution in [0.5, 0.6) is 11.5 Å².